The van der Waals surface area contributed by atoms with Crippen molar-refractivity contribution < 1.29 is 9.90 Å². The molecule has 0 saturated carbocycles. The molecule has 0 heterocycles. The molecular weight excluding hydrogens is 228 g/mol. The first-order valence-corrected chi connectivity index (χ1v) is 5.57. The predicted octanol–water partition coefficient (Wildman–Crippen LogP) is 2.58. The van der Waals surface area contributed by atoms with E-state index in [2.05, 4.69) is 5.32 Å². The van der Waals surface area contributed by atoms with Crippen molar-refractivity contribution in [2.75, 3.05) is 11.1 Å². The number of carboxylic acid groups (broad SMARTS) is 1. The van der Waals surface area contributed by atoms with Crippen LogP contribution in [0.5, 0.6) is 0 Å². The molecule has 0 aromatic heterocycles. The van der Waals surface area contributed by atoms with Gasteiger partial charge in [0.05, 0.1) is 5.56 Å². The molecule has 4 N–H and O–H groups in total. The molecule has 4 nitrogen and oxygen atoms in total. The number of aromatic carboxylic acids is 1. The summed E-state index contributed by atoms with van der Waals surface area (Å²) in [7, 11) is 0. The van der Waals surface area contributed by atoms with E-state index in [1.807, 2.05) is 24.3 Å². The van der Waals surface area contributed by atoms with Crippen LogP contribution in [-0.4, -0.2) is 11.1 Å². The number of nitrogens with two attached hydrogens (primary N) is 1. The molecule has 2 rings (SSSR count). The Hall–Kier alpha value is -2.49. The Morgan fingerprint density at radius 1 is 1.06 bits per heavy atom. The monoisotopic (exact) mass is 242 g/mol. The Morgan fingerprint density at radius 2 is 1.67 bits per heavy atom. The Labute approximate surface area is 105 Å². The maximum atomic E-state index is 10.7. The Kier molecular flexibility index (Phi) is 3.48. The molecule has 0 amide bonds. The molecule has 2 aromatic carbocycles. The van der Waals surface area contributed by atoms with Gasteiger partial charge in [0, 0.05) is 17.9 Å². The number of nitrogen functional groups attached to an aromatic ring is 1. The normalized spacial score (nSPS) is 10.0. The first-order chi connectivity index (χ1) is 8.65. The van der Waals surface area contributed by atoms with Crippen LogP contribution in [0.15, 0.2) is 48.5 Å². The van der Waals surface area contributed by atoms with Crippen molar-refractivity contribution in [1.82, 2.24) is 0 Å². The first-order valence-electron chi connectivity index (χ1n) is 5.57. The molecule has 0 spiro atoms. The predicted molar refractivity (Wildman–Crippen MR) is 71.6 cm³/mol. The zero-order valence-electron chi connectivity index (χ0n) is 9.76. The summed E-state index contributed by atoms with van der Waals surface area (Å²) in [6, 6.07) is 14.3. The number of carbonyl (C=O) groups is 1. The quantitative estimate of drug-likeness (QED) is 0.720. The maximum absolute atomic E-state index is 10.7. The summed E-state index contributed by atoms with van der Waals surface area (Å²) in [6.45, 7) is 0.643. The van der Waals surface area contributed by atoms with Crippen LogP contribution in [-0.2, 0) is 6.54 Å². The number of hydrogen-bond donors (Lipinski definition) is 3. The number of benzene rings is 2. The molecule has 0 aliphatic carbocycles. The number of carboxylic acids is 1. The van der Waals surface area contributed by atoms with E-state index in [9.17, 15) is 4.79 Å². The van der Waals surface area contributed by atoms with E-state index in [1.54, 1.807) is 24.3 Å². The minimum atomic E-state index is -0.909. The molecule has 0 unspecified atom stereocenters. The second-order valence-electron chi connectivity index (χ2n) is 3.98. The maximum Gasteiger partial charge on any atom is 0.335 e. The summed E-state index contributed by atoms with van der Waals surface area (Å²) < 4.78 is 0. The molecule has 18 heavy (non-hydrogen) atoms. The van der Waals surface area contributed by atoms with Crippen molar-refractivity contribution in [2.24, 2.45) is 0 Å². The highest BCUT2D eigenvalue weighted by Gasteiger charge is 2.01. The first kappa shape index (κ1) is 12.0. The molecule has 4 heteroatoms. The molecule has 0 bridgehead atoms. The van der Waals surface area contributed by atoms with Crippen LogP contribution in [0.4, 0.5) is 11.4 Å². The topological polar surface area (TPSA) is 75.3 Å². The highest BCUT2D eigenvalue weighted by molar-refractivity contribution is 5.87. The molecule has 2 aromatic rings. The number of hydrogen-bond acceptors (Lipinski definition) is 3. The molecule has 0 atom stereocenters. The van der Waals surface area contributed by atoms with Crippen molar-refractivity contribution in [3.05, 3.63) is 59.7 Å². The Bertz CT molecular complexity index is 533. The van der Waals surface area contributed by atoms with Gasteiger partial charge in [0.2, 0.25) is 0 Å². The van der Waals surface area contributed by atoms with E-state index in [0.717, 1.165) is 16.9 Å². The minimum absolute atomic E-state index is 0.297. The fraction of sp³-hybridized carbons (Fsp3) is 0.0714. The van der Waals surface area contributed by atoms with Crippen molar-refractivity contribution in [1.29, 1.82) is 0 Å². The van der Waals surface area contributed by atoms with Crippen molar-refractivity contribution in [2.45, 2.75) is 6.54 Å². The highest BCUT2D eigenvalue weighted by atomic mass is 16.4. The van der Waals surface area contributed by atoms with E-state index < -0.39 is 5.97 Å². The van der Waals surface area contributed by atoms with E-state index in [-0.39, 0.29) is 0 Å². The number of rotatable bonds is 4. The minimum Gasteiger partial charge on any atom is -0.478 e. The van der Waals surface area contributed by atoms with E-state index >= 15 is 0 Å². The van der Waals surface area contributed by atoms with Crippen LogP contribution in [0.1, 0.15) is 15.9 Å². The third-order valence-electron chi connectivity index (χ3n) is 2.61. The van der Waals surface area contributed by atoms with Crippen LogP contribution in [0, 0.1) is 0 Å². The molecule has 0 aliphatic heterocycles. The molecule has 0 saturated heterocycles. The smallest absolute Gasteiger partial charge is 0.335 e. The third-order valence-corrected chi connectivity index (χ3v) is 2.61. The van der Waals surface area contributed by atoms with E-state index in [4.69, 9.17) is 10.8 Å². The van der Waals surface area contributed by atoms with Gasteiger partial charge < -0.3 is 16.2 Å². The molecule has 0 radical (unpaired) electrons. The summed E-state index contributed by atoms with van der Waals surface area (Å²) in [5, 5.41) is 12.0. The van der Waals surface area contributed by atoms with Crippen LogP contribution in [0.25, 0.3) is 0 Å². The molecule has 0 aliphatic rings. The van der Waals surface area contributed by atoms with Gasteiger partial charge in [-0.15, -0.1) is 0 Å². The van der Waals surface area contributed by atoms with Crippen LogP contribution < -0.4 is 11.1 Å². The molecule has 92 valence electrons. The van der Waals surface area contributed by atoms with Crippen molar-refractivity contribution in [3.8, 4) is 0 Å². The largest absolute Gasteiger partial charge is 0.478 e. The SMILES string of the molecule is Nc1ccc(NCc2ccc(C(=O)O)cc2)cc1. The van der Waals surface area contributed by atoms with Gasteiger partial charge in [0.15, 0.2) is 0 Å². The van der Waals surface area contributed by atoms with Gasteiger partial charge >= 0.3 is 5.97 Å². The summed E-state index contributed by atoms with van der Waals surface area (Å²) in [6.07, 6.45) is 0. The fourth-order valence-electron chi connectivity index (χ4n) is 1.57. The van der Waals surface area contributed by atoms with Gasteiger partial charge in [0.1, 0.15) is 0 Å². The van der Waals surface area contributed by atoms with Crippen molar-refractivity contribution in [3.63, 3.8) is 0 Å². The second-order valence-corrected chi connectivity index (χ2v) is 3.98. The summed E-state index contributed by atoms with van der Waals surface area (Å²) in [5.74, 6) is -0.909. The van der Waals surface area contributed by atoms with E-state index in [0.29, 0.717) is 12.1 Å². The summed E-state index contributed by atoms with van der Waals surface area (Å²) in [5.41, 5.74) is 8.62. The van der Waals surface area contributed by atoms with Gasteiger partial charge in [-0.3, -0.25) is 0 Å². The van der Waals surface area contributed by atoms with Gasteiger partial charge in [-0.25, -0.2) is 4.79 Å². The number of anilines is 2. The lowest BCUT2D eigenvalue weighted by atomic mass is 10.1. The van der Waals surface area contributed by atoms with Crippen LogP contribution in [0.2, 0.25) is 0 Å². The molecular formula is C14H14N2O2. The van der Waals surface area contributed by atoms with Gasteiger partial charge in [0.25, 0.3) is 0 Å². The van der Waals surface area contributed by atoms with Gasteiger partial charge in [-0.05, 0) is 42.0 Å². The average Bonchev–Trinajstić information content (AvgIpc) is 2.38. The lowest BCUT2D eigenvalue weighted by molar-refractivity contribution is 0.0697. The second kappa shape index (κ2) is 5.23. The van der Waals surface area contributed by atoms with Gasteiger partial charge in [-0.1, -0.05) is 12.1 Å². The number of nitrogens with one attached hydrogen (secondary N) is 1. The van der Waals surface area contributed by atoms with E-state index in [1.165, 1.54) is 0 Å². The summed E-state index contributed by atoms with van der Waals surface area (Å²) in [4.78, 5) is 10.7. The van der Waals surface area contributed by atoms with Gasteiger partial charge in [-0.2, -0.15) is 0 Å². The standard InChI is InChI=1S/C14H14N2O2/c15-12-5-7-13(8-6-12)16-9-10-1-3-11(4-2-10)14(17)18/h1-8,16H,9,15H2,(H,17,18). The fourth-order valence-corrected chi connectivity index (χ4v) is 1.57. The lowest BCUT2D eigenvalue weighted by Crippen LogP contribution is -2.01. The van der Waals surface area contributed by atoms with Crippen molar-refractivity contribution >= 4 is 17.3 Å². The third kappa shape index (κ3) is 3.01. The zero-order chi connectivity index (χ0) is 13.0. The Morgan fingerprint density at radius 3 is 2.22 bits per heavy atom. The average molecular weight is 242 g/mol. The summed E-state index contributed by atoms with van der Waals surface area (Å²) >= 11 is 0. The van der Waals surface area contributed by atoms with Crippen LogP contribution in [0.3, 0.4) is 0 Å². The lowest BCUT2D eigenvalue weighted by Gasteiger charge is -2.07. The van der Waals surface area contributed by atoms with Crippen LogP contribution >= 0.6 is 0 Å². The molecule has 0 fully saturated rings. The highest BCUT2D eigenvalue weighted by Crippen LogP contribution is 2.12. The Balaban J connectivity index is 1.97. The zero-order valence-corrected chi connectivity index (χ0v) is 9.76.